The van der Waals surface area contributed by atoms with Crippen LogP contribution in [0.2, 0.25) is 0 Å². The highest BCUT2D eigenvalue weighted by Gasteiger charge is 2.21. The maximum absolute atomic E-state index is 11.3. The van der Waals surface area contributed by atoms with E-state index in [-0.39, 0.29) is 11.0 Å². The molecule has 6 heteroatoms. The monoisotopic (exact) mass is 278 g/mol. The summed E-state index contributed by atoms with van der Waals surface area (Å²) in [5.74, 6) is 2.31. The molecule has 1 fully saturated rings. The fourth-order valence-electron chi connectivity index (χ4n) is 1.53. The lowest BCUT2D eigenvalue weighted by Gasteiger charge is -2.14. The molecule has 1 aliphatic heterocycles. The Labute approximate surface area is 104 Å². The van der Waals surface area contributed by atoms with Gasteiger partial charge in [-0.15, -0.1) is 0 Å². The molecule has 1 saturated heterocycles. The summed E-state index contributed by atoms with van der Waals surface area (Å²) in [6.07, 6.45) is 1.03. The van der Waals surface area contributed by atoms with Crippen LogP contribution in [0.5, 0.6) is 5.75 Å². The highest BCUT2D eigenvalue weighted by Crippen LogP contribution is 2.30. The summed E-state index contributed by atoms with van der Waals surface area (Å²) in [5, 5.41) is 0. The molecular weight excluding hydrogens is 268 g/mol. The Bertz CT molecular complexity index is 467. The average Bonchev–Trinajstić information content (AvgIpc) is 2.70. The van der Waals surface area contributed by atoms with E-state index in [1.807, 2.05) is 11.8 Å². The van der Waals surface area contributed by atoms with Crippen LogP contribution in [0.1, 0.15) is 6.42 Å². The van der Waals surface area contributed by atoms with Gasteiger partial charge in [-0.1, -0.05) is 12.1 Å². The molecule has 0 radical (unpaired) electrons. The molecule has 88 valence electrons. The predicted molar refractivity (Wildman–Crippen MR) is 65.8 cm³/mol. The standard InChI is InChI=1S/C10H11ClO3S2/c11-16(12,13)10-4-2-1-3-9(10)14-8-5-6-15-7-8/h1-4,8H,5-7H2. The third-order valence-electron chi connectivity index (χ3n) is 2.29. The molecular formula is C10H11ClO3S2. The van der Waals surface area contributed by atoms with E-state index in [0.717, 1.165) is 17.9 Å². The molecule has 1 aliphatic rings. The van der Waals surface area contributed by atoms with Gasteiger partial charge in [-0.05, 0) is 24.3 Å². The molecule has 1 aromatic carbocycles. The highest BCUT2D eigenvalue weighted by atomic mass is 35.7. The third-order valence-corrected chi connectivity index (χ3v) is 4.79. The van der Waals surface area contributed by atoms with Gasteiger partial charge in [-0.2, -0.15) is 11.8 Å². The van der Waals surface area contributed by atoms with E-state index in [1.165, 1.54) is 6.07 Å². The highest BCUT2D eigenvalue weighted by molar-refractivity contribution is 8.13. The van der Waals surface area contributed by atoms with E-state index in [0.29, 0.717) is 5.75 Å². The van der Waals surface area contributed by atoms with Crippen LogP contribution in [0.25, 0.3) is 0 Å². The lowest BCUT2D eigenvalue weighted by Crippen LogP contribution is -2.16. The quantitative estimate of drug-likeness (QED) is 0.797. The van der Waals surface area contributed by atoms with Gasteiger partial charge in [0.15, 0.2) is 0 Å². The van der Waals surface area contributed by atoms with E-state index >= 15 is 0 Å². The predicted octanol–water partition coefficient (Wildman–Crippen LogP) is 2.50. The number of rotatable bonds is 3. The second-order valence-electron chi connectivity index (χ2n) is 3.49. The fourth-order valence-corrected chi connectivity index (χ4v) is 3.61. The first-order valence-corrected chi connectivity index (χ1v) is 8.32. The Kier molecular flexibility index (Phi) is 3.66. The third kappa shape index (κ3) is 2.84. The zero-order valence-electron chi connectivity index (χ0n) is 8.43. The van der Waals surface area contributed by atoms with Gasteiger partial charge in [0.2, 0.25) is 0 Å². The van der Waals surface area contributed by atoms with Crippen LogP contribution < -0.4 is 4.74 Å². The van der Waals surface area contributed by atoms with Gasteiger partial charge < -0.3 is 4.74 Å². The van der Waals surface area contributed by atoms with Gasteiger partial charge in [-0.25, -0.2) is 8.42 Å². The molecule has 0 aliphatic carbocycles. The van der Waals surface area contributed by atoms with Crippen LogP contribution >= 0.6 is 22.4 Å². The molecule has 16 heavy (non-hydrogen) atoms. The number of hydrogen-bond donors (Lipinski definition) is 0. The lowest BCUT2D eigenvalue weighted by atomic mass is 10.3. The van der Waals surface area contributed by atoms with Crippen molar-refractivity contribution in [2.24, 2.45) is 0 Å². The first kappa shape index (κ1) is 12.1. The number of para-hydroxylation sites is 1. The van der Waals surface area contributed by atoms with E-state index in [4.69, 9.17) is 15.4 Å². The van der Waals surface area contributed by atoms with Crippen molar-refractivity contribution in [1.29, 1.82) is 0 Å². The molecule has 3 nitrogen and oxygen atoms in total. The van der Waals surface area contributed by atoms with Crippen molar-refractivity contribution in [2.45, 2.75) is 17.4 Å². The maximum atomic E-state index is 11.3. The molecule has 0 bridgehead atoms. The zero-order chi connectivity index (χ0) is 11.6. The summed E-state index contributed by atoms with van der Waals surface area (Å²) in [5.41, 5.74) is 0. The second-order valence-corrected chi connectivity index (χ2v) is 7.17. The summed E-state index contributed by atoms with van der Waals surface area (Å²) in [6.45, 7) is 0. The minimum atomic E-state index is -3.73. The smallest absolute Gasteiger partial charge is 0.264 e. The van der Waals surface area contributed by atoms with Crippen molar-refractivity contribution in [3.8, 4) is 5.75 Å². The number of thioether (sulfide) groups is 1. The Morgan fingerprint density at radius 1 is 1.38 bits per heavy atom. The molecule has 0 aromatic heterocycles. The first-order valence-electron chi connectivity index (χ1n) is 4.85. The molecule has 1 aromatic rings. The number of benzene rings is 1. The second kappa shape index (κ2) is 4.85. The Morgan fingerprint density at radius 3 is 2.75 bits per heavy atom. The van der Waals surface area contributed by atoms with E-state index in [2.05, 4.69) is 0 Å². The van der Waals surface area contributed by atoms with Gasteiger partial charge in [0.25, 0.3) is 9.05 Å². The van der Waals surface area contributed by atoms with Crippen LogP contribution in [-0.2, 0) is 9.05 Å². The van der Waals surface area contributed by atoms with E-state index in [9.17, 15) is 8.42 Å². The minimum Gasteiger partial charge on any atom is -0.488 e. The van der Waals surface area contributed by atoms with Crippen molar-refractivity contribution in [3.63, 3.8) is 0 Å². The first-order chi connectivity index (χ1) is 7.57. The largest absolute Gasteiger partial charge is 0.488 e. The molecule has 0 N–H and O–H groups in total. The molecule has 0 spiro atoms. The van der Waals surface area contributed by atoms with E-state index < -0.39 is 9.05 Å². The average molecular weight is 279 g/mol. The number of halogens is 1. The van der Waals surface area contributed by atoms with Crippen LogP contribution in [-0.4, -0.2) is 26.0 Å². The molecule has 1 heterocycles. The summed E-state index contributed by atoms with van der Waals surface area (Å²) >= 11 is 1.81. The number of hydrogen-bond acceptors (Lipinski definition) is 4. The summed E-state index contributed by atoms with van der Waals surface area (Å²) < 4.78 is 28.3. The van der Waals surface area contributed by atoms with Gasteiger partial charge >= 0.3 is 0 Å². The van der Waals surface area contributed by atoms with Gasteiger partial charge in [0.1, 0.15) is 16.7 Å². The van der Waals surface area contributed by atoms with Crippen LogP contribution in [0.15, 0.2) is 29.2 Å². The van der Waals surface area contributed by atoms with Gasteiger partial charge in [0.05, 0.1) is 0 Å². The minimum absolute atomic E-state index is 0.0496. The van der Waals surface area contributed by atoms with Crippen LogP contribution in [0, 0.1) is 0 Å². The maximum Gasteiger partial charge on any atom is 0.264 e. The van der Waals surface area contributed by atoms with Crippen LogP contribution in [0.4, 0.5) is 0 Å². The van der Waals surface area contributed by atoms with Gasteiger partial charge in [-0.3, -0.25) is 0 Å². The molecule has 0 amide bonds. The van der Waals surface area contributed by atoms with Gasteiger partial charge in [0, 0.05) is 16.4 Å². The summed E-state index contributed by atoms with van der Waals surface area (Å²) in [4.78, 5) is 0.0496. The Hall–Kier alpha value is -0.390. The topological polar surface area (TPSA) is 43.4 Å². The van der Waals surface area contributed by atoms with Crippen LogP contribution in [0.3, 0.4) is 0 Å². The molecule has 0 saturated carbocycles. The molecule has 1 atom stereocenters. The van der Waals surface area contributed by atoms with Crippen molar-refractivity contribution in [1.82, 2.24) is 0 Å². The normalized spacial score (nSPS) is 20.9. The van der Waals surface area contributed by atoms with Crippen molar-refractivity contribution in [3.05, 3.63) is 24.3 Å². The zero-order valence-corrected chi connectivity index (χ0v) is 10.8. The molecule has 2 rings (SSSR count). The van der Waals surface area contributed by atoms with Crippen molar-refractivity contribution >= 4 is 31.5 Å². The number of ether oxygens (including phenoxy) is 1. The fraction of sp³-hybridized carbons (Fsp3) is 0.400. The Balaban J connectivity index is 2.26. The van der Waals surface area contributed by atoms with Crippen molar-refractivity contribution < 1.29 is 13.2 Å². The lowest BCUT2D eigenvalue weighted by molar-refractivity contribution is 0.223. The Morgan fingerprint density at radius 2 is 2.12 bits per heavy atom. The SMILES string of the molecule is O=S(=O)(Cl)c1ccccc1OC1CCSC1. The molecule has 1 unspecified atom stereocenters. The summed E-state index contributed by atoms with van der Waals surface area (Å²) in [6, 6.07) is 6.46. The van der Waals surface area contributed by atoms with Crippen molar-refractivity contribution in [2.75, 3.05) is 11.5 Å². The summed E-state index contributed by atoms with van der Waals surface area (Å²) in [7, 11) is 1.60. The van der Waals surface area contributed by atoms with E-state index in [1.54, 1.807) is 18.2 Å².